The third-order valence-corrected chi connectivity index (χ3v) is 4.96. The minimum Gasteiger partial charge on any atom is -0.462 e. The molecule has 0 bridgehead atoms. The number of hydrogen-bond donors (Lipinski definition) is 0. The first-order valence-electron chi connectivity index (χ1n) is 7.72. The number of thiazole rings is 1. The van der Waals surface area contributed by atoms with Gasteiger partial charge in [0.2, 0.25) is 5.91 Å². The van der Waals surface area contributed by atoms with Crippen molar-refractivity contribution in [2.24, 2.45) is 0 Å². The molecule has 0 radical (unpaired) electrons. The zero-order valence-corrected chi connectivity index (χ0v) is 14.1. The van der Waals surface area contributed by atoms with Gasteiger partial charge in [-0.05, 0) is 31.5 Å². The zero-order chi connectivity index (χ0) is 17.1. The van der Waals surface area contributed by atoms with Crippen LogP contribution in [-0.4, -0.2) is 30.0 Å². The van der Waals surface area contributed by atoms with Crippen molar-refractivity contribution in [3.8, 4) is 0 Å². The Labute approximate surface area is 143 Å². The number of aromatic nitrogens is 1. The molecule has 1 aromatic heterocycles. The Bertz CT molecular complexity index is 775. The number of benzene rings is 1. The van der Waals surface area contributed by atoms with E-state index in [9.17, 15) is 14.0 Å². The Morgan fingerprint density at radius 1 is 1.46 bits per heavy atom. The SMILES string of the molecule is Cc1ncsc1CCOC(=O)c1cc(N2CCCC2=O)ccc1F. The van der Waals surface area contributed by atoms with Gasteiger partial charge in [-0.1, -0.05) is 0 Å². The van der Waals surface area contributed by atoms with Crippen LogP contribution >= 0.6 is 11.3 Å². The van der Waals surface area contributed by atoms with Gasteiger partial charge in [0.25, 0.3) is 0 Å². The minimum absolute atomic E-state index is 0.0124. The van der Waals surface area contributed by atoms with Gasteiger partial charge in [0, 0.05) is 30.0 Å². The molecule has 2 heterocycles. The number of hydrogen-bond acceptors (Lipinski definition) is 5. The first-order chi connectivity index (χ1) is 11.6. The van der Waals surface area contributed by atoms with E-state index in [2.05, 4.69) is 4.98 Å². The lowest BCUT2D eigenvalue weighted by Crippen LogP contribution is -2.24. The molecule has 0 N–H and O–H groups in total. The Balaban J connectivity index is 1.67. The summed E-state index contributed by atoms with van der Waals surface area (Å²) in [7, 11) is 0. The van der Waals surface area contributed by atoms with Crippen molar-refractivity contribution in [1.29, 1.82) is 0 Å². The minimum atomic E-state index is -0.719. The number of rotatable bonds is 5. The van der Waals surface area contributed by atoms with Gasteiger partial charge in [-0.2, -0.15) is 0 Å². The van der Waals surface area contributed by atoms with Crippen molar-refractivity contribution < 1.29 is 18.7 Å². The largest absolute Gasteiger partial charge is 0.462 e. The van der Waals surface area contributed by atoms with Gasteiger partial charge < -0.3 is 9.64 Å². The first-order valence-corrected chi connectivity index (χ1v) is 8.60. The van der Waals surface area contributed by atoms with E-state index in [1.807, 2.05) is 6.92 Å². The number of amides is 1. The van der Waals surface area contributed by atoms with E-state index < -0.39 is 11.8 Å². The lowest BCUT2D eigenvalue weighted by molar-refractivity contribution is -0.117. The van der Waals surface area contributed by atoms with Crippen LogP contribution in [0.1, 0.15) is 33.8 Å². The van der Waals surface area contributed by atoms with Crippen LogP contribution in [0.25, 0.3) is 0 Å². The summed E-state index contributed by atoms with van der Waals surface area (Å²) in [4.78, 5) is 30.7. The average molecular weight is 348 g/mol. The number of anilines is 1. The Morgan fingerprint density at radius 2 is 2.29 bits per heavy atom. The van der Waals surface area contributed by atoms with Crippen LogP contribution in [0.15, 0.2) is 23.7 Å². The van der Waals surface area contributed by atoms with Crippen LogP contribution < -0.4 is 4.90 Å². The number of carbonyl (C=O) groups is 2. The molecule has 1 aliphatic rings. The molecule has 0 atom stereocenters. The number of ether oxygens (including phenoxy) is 1. The highest BCUT2D eigenvalue weighted by Gasteiger charge is 2.24. The Kier molecular flexibility index (Phi) is 4.89. The first kappa shape index (κ1) is 16.6. The van der Waals surface area contributed by atoms with Crippen LogP contribution in [0, 0.1) is 12.7 Å². The molecule has 1 fully saturated rings. The van der Waals surface area contributed by atoms with E-state index in [4.69, 9.17) is 4.74 Å². The molecule has 5 nitrogen and oxygen atoms in total. The summed E-state index contributed by atoms with van der Waals surface area (Å²) in [6.07, 6.45) is 1.80. The monoisotopic (exact) mass is 348 g/mol. The highest BCUT2D eigenvalue weighted by molar-refractivity contribution is 7.09. The fourth-order valence-corrected chi connectivity index (χ4v) is 3.40. The molecule has 1 aliphatic heterocycles. The molecule has 126 valence electrons. The topological polar surface area (TPSA) is 59.5 Å². The van der Waals surface area contributed by atoms with Crippen LogP contribution in [0.5, 0.6) is 0 Å². The highest BCUT2D eigenvalue weighted by atomic mass is 32.1. The van der Waals surface area contributed by atoms with Gasteiger partial charge in [-0.25, -0.2) is 14.2 Å². The summed E-state index contributed by atoms with van der Waals surface area (Å²) >= 11 is 1.50. The Hall–Kier alpha value is -2.28. The van der Waals surface area contributed by atoms with E-state index in [1.54, 1.807) is 10.4 Å². The molecular weight excluding hydrogens is 331 g/mol. The van der Waals surface area contributed by atoms with Crippen molar-refractivity contribution in [3.63, 3.8) is 0 Å². The summed E-state index contributed by atoms with van der Waals surface area (Å²) in [5, 5.41) is 0. The summed E-state index contributed by atoms with van der Waals surface area (Å²) in [6.45, 7) is 2.64. The third-order valence-electron chi connectivity index (χ3n) is 3.96. The second kappa shape index (κ2) is 7.09. The van der Waals surface area contributed by atoms with Gasteiger partial charge in [0.1, 0.15) is 5.82 Å². The molecule has 0 aliphatic carbocycles. The molecule has 1 amide bonds. The van der Waals surface area contributed by atoms with Gasteiger partial charge in [-0.15, -0.1) is 11.3 Å². The summed E-state index contributed by atoms with van der Waals surface area (Å²) in [6, 6.07) is 4.10. The van der Waals surface area contributed by atoms with Crippen molar-refractivity contribution in [1.82, 2.24) is 4.98 Å². The zero-order valence-electron chi connectivity index (χ0n) is 13.3. The van der Waals surface area contributed by atoms with Crippen LogP contribution in [-0.2, 0) is 16.0 Å². The maximum atomic E-state index is 14.0. The highest BCUT2D eigenvalue weighted by Crippen LogP contribution is 2.24. The standard InChI is InChI=1S/C17H17FN2O3S/c1-11-15(24-10-19-11)6-8-23-17(22)13-9-12(4-5-14(13)18)20-7-2-3-16(20)21/h4-5,9-10H,2-3,6-8H2,1H3. The molecule has 0 spiro atoms. The molecule has 1 saturated heterocycles. The maximum Gasteiger partial charge on any atom is 0.341 e. The van der Waals surface area contributed by atoms with E-state index in [0.717, 1.165) is 17.0 Å². The molecule has 3 rings (SSSR count). The van der Waals surface area contributed by atoms with Crippen molar-refractivity contribution >= 4 is 28.9 Å². The van der Waals surface area contributed by atoms with Gasteiger partial charge in [-0.3, -0.25) is 4.79 Å². The molecule has 7 heteroatoms. The predicted octanol–water partition coefficient (Wildman–Crippen LogP) is 3.12. The molecule has 1 aromatic carbocycles. The number of esters is 1. The molecule has 2 aromatic rings. The van der Waals surface area contributed by atoms with Crippen molar-refractivity contribution in [2.45, 2.75) is 26.2 Å². The summed E-state index contributed by atoms with van der Waals surface area (Å²) in [5.41, 5.74) is 3.04. The molecule has 0 saturated carbocycles. The number of halogens is 1. The summed E-state index contributed by atoms with van der Waals surface area (Å²) in [5.74, 6) is -1.38. The maximum absolute atomic E-state index is 14.0. The molecule has 24 heavy (non-hydrogen) atoms. The van der Waals surface area contributed by atoms with Gasteiger partial charge in [0.05, 0.1) is 23.4 Å². The number of carbonyl (C=O) groups excluding carboxylic acids is 2. The smallest absolute Gasteiger partial charge is 0.341 e. The quantitative estimate of drug-likeness (QED) is 0.779. The third kappa shape index (κ3) is 3.46. The predicted molar refractivity (Wildman–Crippen MR) is 88.8 cm³/mol. The fourth-order valence-electron chi connectivity index (χ4n) is 2.64. The molecule has 0 unspecified atom stereocenters. The lowest BCUT2D eigenvalue weighted by atomic mass is 10.1. The van der Waals surface area contributed by atoms with Crippen LogP contribution in [0.4, 0.5) is 10.1 Å². The lowest BCUT2D eigenvalue weighted by Gasteiger charge is -2.16. The fraction of sp³-hybridized carbons (Fsp3) is 0.353. The number of nitrogens with zero attached hydrogens (tertiary/aromatic N) is 2. The second-order valence-corrected chi connectivity index (χ2v) is 6.50. The van der Waals surface area contributed by atoms with Gasteiger partial charge in [0.15, 0.2) is 0 Å². The normalized spacial score (nSPS) is 14.2. The van der Waals surface area contributed by atoms with E-state index in [1.165, 1.54) is 29.5 Å². The van der Waals surface area contributed by atoms with Crippen molar-refractivity contribution in [2.75, 3.05) is 18.1 Å². The van der Waals surface area contributed by atoms with Crippen LogP contribution in [0.3, 0.4) is 0 Å². The van der Waals surface area contributed by atoms with E-state index in [0.29, 0.717) is 25.1 Å². The van der Waals surface area contributed by atoms with Crippen molar-refractivity contribution in [3.05, 3.63) is 45.7 Å². The van der Waals surface area contributed by atoms with Crippen LogP contribution in [0.2, 0.25) is 0 Å². The second-order valence-electron chi connectivity index (χ2n) is 5.56. The summed E-state index contributed by atoms with van der Waals surface area (Å²) < 4.78 is 19.1. The number of aryl methyl sites for hydroxylation is 1. The molecular formula is C17H17FN2O3S. The Morgan fingerprint density at radius 3 is 2.96 bits per heavy atom. The van der Waals surface area contributed by atoms with E-state index >= 15 is 0 Å². The van der Waals surface area contributed by atoms with Gasteiger partial charge >= 0.3 is 5.97 Å². The average Bonchev–Trinajstić information content (AvgIpc) is 3.16. The van der Waals surface area contributed by atoms with E-state index in [-0.39, 0.29) is 18.1 Å².